The first-order valence-corrected chi connectivity index (χ1v) is 35.5. The highest BCUT2D eigenvalue weighted by Gasteiger charge is 2.23. The van der Waals surface area contributed by atoms with Crippen molar-refractivity contribution in [2.45, 2.75) is 6.42 Å². The van der Waals surface area contributed by atoms with Crippen molar-refractivity contribution in [3.63, 3.8) is 0 Å². The van der Waals surface area contributed by atoms with Gasteiger partial charge in [0.15, 0.2) is 34.9 Å². The lowest BCUT2D eigenvalue weighted by Gasteiger charge is -2.12. The number of aromatic nitrogens is 9. The van der Waals surface area contributed by atoms with Gasteiger partial charge in [0.05, 0.1) is 22.1 Å². The number of benzene rings is 14. The number of para-hydroxylation sites is 3. The summed E-state index contributed by atoms with van der Waals surface area (Å²) in [6.45, 7) is 0. The maximum Gasteiger partial charge on any atom is 0.164 e. The number of nitrogens with zero attached hydrogens (tertiary/aromatic N) is 9. The first kappa shape index (κ1) is 63.4. The van der Waals surface area contributed by atoms with E-state index in [1.54, 1.807) is 0 Å². The van der Waals surface area contributed by atoms with Crippen LogP contribution in [0.2, 0.25) is 5.02 Å². The van der Waals surface area contributed by atoms with E-state index >= 15 is 0 Å². The third-order valence-electron chi connectivity index (χ3n) is 19.5. The molecule has 0 aliphatic heterocycles. The molecule has 0 N–H and O–H groups in total. The number of hydrogen-bond acceptors (Lipinski definition) is 6. The minimum Gasteiger partial charge on any atom is -0.317 e. The van der Waals surface area contributed by atoms with Crippen LogP contribution in [-0.4, -0.2) is 43.6 Å². The van der Waals surface area contributed by atoms with Gasteiger partial charge in [-0.25, -0.2) is 29.9 Å². The molecule has 0 atom stereocenters. The summed E-state index contributed by atoms with van der Waals surface area (Å²) in [4.78, 5) is 29.2. The van der Waals surface area contributed by atoms with E-state index in [-0.39, 0.29) is 0 Å². The SMILES string of the molecule is Clc1cccc(-c2cccc(-c3nc(-c4ccccc4)nc(-c4ccccc4)n3)c2)c1.c1ccc(-c2nc(-c3ccccc3)nc(-c3cccc(-c4cccc(-n5c6ccccc6c6ccc7c(ccn7-c7ccccc7)c65)c4)c3)n2)cc1.c1ccc(-n2ccc3c4c(ccc32)-c2ccccc2C4)cc1. The molecule has 496 valence electrons. The van der Waals surface area contributed by atoms with Gasteiger partial charge < -0.3 is 13.7 Å². The van der Waals surface area contributed by atoms with E-state index in [1.807, 2.05) is 158 Å². The van der Waals surface area contributed by atoms with Gasteiger partial charge in [0.1, 0.15) is 0 Å². The number of rotatable bonds is 11. The van der Waals surface area contributed by atoms with Crippen molar-refractivity contribution < 1.29 is 0 Å². The Kier molecular flexibility index (Phi) is 16.9. The molecule has 19 aromatic rings. The predicted molar refractivity (Wildman–Crippen MR) is 431 cm³/mol. The molecule has 0 saturated heterocycles. The van der Waals surface area contributed by atoms with Crippen LogP contribution < -0.4 is 0 Å². The molecule has 0 spiro atoms. The van der Waals surface area contributed by atoms with Gasteiger partial charge in [-0.2, -0.15) is 0 Å². The van der Waals surface area contributed by atoms with Crippen molar-refractivity contribution in [3.05, 3.63) is 393 Å². The molecule has 0 saturated carbocycles. The van der Waals surface area contributed by atoms with E-state index in [0.717, 1.165) is 73.4 Å². The van der Waals surface area contributed by atoms with Crippen LogP contribution >= 0.6 is 11.6 Å². The van der Waals surface area contributed by atoms with Crippen LogP contribution in [0.4, 0.5) is 0 Å². The molecular formula is C95H64ClN9. The zero-order valence-electron chi connectivity index (χ0n) is 56.9. The highest BCUT2D eigenvalue weighted by Crippen LogP contribution is 2.43. The molecule has 0 bridgehead atoms. The van der Waals surface area contributed by atoms with Crippen molar-refractivity contribution in [3.8, 4) is 119 Å². The fourth-order valence-corrected chi connectivity index (χ4v) is 14.7. The van der Waals surface area contributed by atoms with Crippen LogP contribution in [0.3, 0.4) is 0 Å². The second kappa shape index (κ2) is 28.0. The van der Waals surface area contributed by atoms with E-state index in [2.05, 4.69) is 232 Å². The van der Waals surface area contributed by atoms with Crippen LogP contribution in [0.1, 0.15) is 11.1 Å². The van der Waals surface area contributed by atoms with E-state index in [0.29, 0.717) is 40.0 Å². The van der Waals surface area contributed by atoms with E-state index in [1.165, 1.54) is 71.6 Å². The van der Waals surface area contributed by atoms with Crippen LogP contribution in [-0.2, 0) is 6.42 Å². The number of halogens is 1. The van der Waals surface area contributed by atoms with Gasteiger partial charge in [-0.15, -0.1) is 0 Å². The van der Waals surface area contributed by atoms with Crippen molar-refractivity contribution in [1.82, 2.24) is 43.6 Å². The van der Waals surface area contributed by atoms with Gasteiger partial charge in [0.25, 0.3) is 0 Å². The molecule has 0 unspecified atom stereocenters. The summed E-state index contributed by atoms with van der Waals surface area (Å²) in [5, 5.41) is 5.76. The molecule has 1 aliphatic carbocycles. The largest absolute Gasteiger partial charge is 0.317 e. The van der Waals surface area contributed by atoms with E-state index < -0.39 is 0 Å². The topological polar surface area (TPSA) is 92.1 Å². The molecule has 14 aromatic carbocycles. The second-order valence-corrected chi connectivity index (χ2v) is 26.4. The maximum atomic E-state index is 6.20. The highest BCUT2D eigenvalue weighted by molar-refractivity contribution is 6.30. The molecule has 5 heterocycles. The molecule has 0 radical (unpaired) electrons. The summed E-state index contributed by atoms with van der Waals surface area (Å²) >= 11 is 6.20. The normalized spacial score (nSPS) is 11.4. The zero-order valence-corrected chi connectivity index (χ0v) is 57.7. The zero-order chi connectivity index (χ0) is 70.0. The lowest BCUT2D eigenvalue weighted by molar-refractivity contribution is 1.07. The minimum atomic E-state index is 0.636. The quantitative estimate of drug-likeness (QED) is 0.128. The van der Waals surface area contributed by atoms with Crippen molar-refractivity contribution in [2.75, 3.05) is 0 Å². The van der Waals surface area contributed by atoms with Gasteiger partial charge in [-0.3, -0.25) is 0 Å². The summed E-state index contributed by atoms with van der Waals surface area (Å²) in [6.07, 6.45) is 5.40. The third-order valence-corrected chi connectivity index (χ3v) is 19.7. The van der Waals surface area contributed by atoms with Gasteiger partial charge in [-0.1, -0.05) is 285 Å². The average molecular weight is 1370 g/mol. The first-order chi connectivity index (χ1) is 52.0. The maximum absolute atomic E-state index is 6.20. The molecule has 5 aromatic heterocycles. The fourth-order valence-electron chi connectivity index (χ4n) is 14.5. The molecular weight excluding hydrogens is 1300 g/mol. The summed E-state index contributed by atoms with van der Waals surface area (Å²) in [5.74, 6) is 3.87. The summed E-state index contributed by atoms with van der Waals surface area (Å²) in [5.41, 5.74) is 24.0. The summed E-state index contributed by atoms with van der Waals surface area (Å²) in [6, 6.07) is 126. The van der Waals surface area contributed by atoms with Gasteiger partial charge in [0.2, 0.25) is 0 Å². The average Bonchev–Trinajstić information content (AvgIpc) is 1.58. The first-order valence-electron chi connectivity index (χ1n) is 35.1. The molecule has 105 heavy (non-hydrogen) atoms. The van der Waals surface area contributed by atoms with Crippen LogP contribution in [0.5, 0.6) is 0 Å². The third kappa shape index (κ3) is 12.6. The Morgan fingerprint density at radius 3 is 1.14 bits per heavy atom. The van der Waals surface area contributed by atoms with Crippen molar-refractivity contribution >= 4 is 55.2 Å². The smallest absolute Gasteiger partial charge is 0.164 e. The summed E-state index contributed by atoms with van der Waals surface area (Å²) < 4.78 is 6.96. The Labute approximate surface area is 612 Å². The molecule has 0 amide bonds. The minimum absolute atomic E-state index is 0.636. The van der Waals surface area contributed by atoms with Gasteiger partial charge >= 0.3 is 0 Å². The monoisotopic (exact) mass is 1370 g/mol. The Hall–Kier alpha value is -13.7. The predicted octanol–water partition coefficient (Wildman–Crippen LogP) is 24.0. The molecule has 10 heteroatoms. The van der Waals surface area contributed by atoms with Crippen molar-refractivity contribution in [2.24, 2.45) is 0 Å². The number of fused-ring (bicyclic) bond motifs is 10. The van der Waals surface area contributed by atoms with Crippen molar-refractivity contribution in [1.29, 1.82) is 0 Å². The highest BCUT2D eigenvalue weighted by atomic mass is 35.5. The molecule has 9 nitrogen and oxygen atoms in total. The lowest BCUT2D eigenvalue weighted by atomic mass is 10.0. The molecule has 1 aliphatic rings. The standard InChI is InChI=1S/C47H31N5.C27H18ClN3.C21H15N/c1-4-14-32(15-5-1)45-48-46(33-16-6-2-7-17-33)50-47(49-45)36-20-12-18-34(30-36)35-19-13-23-38(31-35)52-43-25-11-10-24-39(43)40-26-27-42-41(44(40)52)28-29-51(42)37-21-8-3-9-22-37;28-24-16-8-14-22(18-24)21-13-7-15-23(17-21)27-30-25(19-9-3-1-4-10-19)29-26(31-27)20-11-5-2-6-12-20;1-2-7-16(8-3-1)22-13-12-19-20-14-15-6-4-5-9-17(15)18(20)10-11-21(19)22/h1-31H;1-18H;1-13H,14H2. The second-order valence-electron chi connectivity index (χ2n) is 25.9. The molecule has 20 rings (SSSR count). The van der Waals surface area contributed by atoms with Gasteiger partial charge in [-0.05, 0) is 142 Å². The van der Waals surface area contributed by atoms with Crippen LogP contribution in [0.25, 0.3) is 162 Å². The Balaban J connectivity index is 0.000000124. The Morgan fingerprint density at radius 1 is 0.238 bits per heavy atom. The van der Waals surface area contributed by atoms with Crippen LogP contribution in [0, 0.1) is 0 Å². The number of hydrogen-bond donors (Lipinski definition) is 0. The van der Waals surface area contributed by atoms with E-state index in [9.17, 15) is 0 Å². The van der Waals surface area contributed by atoms with Crippen LogP contribution in [0.15, 0.2) is 376 Å². The Morgan fingerprint density at radius 2 is 0.619 bits per heavy atom. The summed E-state index contributed by atoms with van der Waals surface area (Å²) in [7, 11) is 0. The van der Waals surface area contributed by atoms with Gasteiger partial charge in [0, 0.05) is 89.4 Å². The fraction of sp³-hybridized carbons (Fsp3) is 0.0105. The lowest BCUT2D eigenvalue weighted by Crippen LogP contribution is -2.00. The molecule has 0 fully saturated rings. The Bertz CT molecular complexity index is 6260. The van der Waals surface area contributed by atoms with E-state index in [4.69, 9.17) is 41.5 Å².